The number of rotatable bonds is 3. The van der Waals surface area contributed by atoms with E-state index in [-0.39, 0.29) is 6.42 Å². The average Bonchev–Trinajstić information content (AvgIpc) is 2.54. The van der Waals surface area contributed by atoms with Crippen molar-refractivity contribution < 1.29 is 23.9 Å². The Kier molecular flexibility index (Phi) is 3.82. The lowest BCUT2D eigenvalue weighted by Crippen LogP contribution is -2.26. The first kappa shape index (κ1) is 12.0. The van der Waals surface area contributed by atoms with Crippen molar-refractivity contribution in [2.24, 2.45) is 0 Å². The molecular formula is C10H11NO5. The summed E-state index contributed by atoms with van der Waals surface area (Å²) in [6.07, 6.45) is 1.20. The zero-order valence-electron chi connectivity index (χ0n) is 8.69. The van der Waals surface area contributed by atoms with Crippen molar-refractivity contribution in [2.75, 3.05) is 7.11 Å². The first-order valence-electron chi connectivity index (χ1n) is 4.48. The molecule has 6 heteroatoms. The highest BCUT2D eigenvalue weighted by Crippen LogP contribution is 2.13. The van der Waals surface area contributed by atoms with Crippen LogP contribution in [0.1, 0.15) is 6.42 Å². The fourth-order valence-corrected chi connectivity index (χ4v) is 1.10. The van der Waals surface area contributed by atoms with Gasteiger partial charge in [-0.15, -0.1) is 0 Å². The van der Waals surface area contributed by atoms with Crippen LogP contribution >= 0.6 is 0 Å². The van der Waals surface area contributed by atoms with E-state index in [9.17, 15) is 14.4 Å². The van der Waals surface area contributed by atoms with E-state index in [1.54, 1.807) is 0 Å². The van der Waals surface area contributed by atoms with Crippen LogP contribution in [0, 0.1) is 0 Å². The molecule has 0 aromatic rings. The summed E-state index contributed by atoms with van der Waals surface area (Å²) in [5.41, 5.74) is 0.500. The van der Waals surface area contributed by atoms with E-state index >= 15 is 0 Å². The molecule has 1 heterocycles. The van der Waals surface area contributed by atoms with Gasteiger partial charge >= 0.3 is 11.9 Å². The van der Waals surface area contributed by atoms with Crippen molar-refractivity contribution in [3.63, 3.8) is 0 Å². The molecule has 0 unspecified atom stereocenters. The fraction of sp³-hybridized carbons (Fsp3) is 0.300. The lowest BCUT2D eigenvalue weighted by Gasteiger charge is -2.05. The molecular weight excluding hydrogens is 214 g/mol. The summed E-state index contributed by atoms with van der Waals surface area (Å²) < 4.78 is 9.06. The molecule has 1 N–H and O–H groups in total. The molecule has 16 heavy (non-hydrogen) atoms. The predicted octanol–water partition coefficient (Wildman–Crippen LogP) is -0.339. The van der Waals surface area contributed by atoms with Crippen molar-refractivity contribution >= 4 is 17.8 Å². The van der Waals surface area contributed by atoms with E-state index in [1.807, 2.05) is 0 Å². The highest BCUT2D eigenvalue weighted by molar-refractivity contribution is 5.94. The summed E-state index contributed by atoms with van der Waals surface area (Å²) in [5.74, 6) is -1.86. The van der Waals surface area contributed by atoms with Crippen molar-refractivity contribution in [1.29, 1.82) is 0 Å². The highest BCUT2D eigenvalue weighted by atomic mass is 16.5. The van der Waals surface area contributed by atoms with Gasteiger partial charge in [-0.2, -0.15) is 0 Å². The van der Waals surface area contributed by atoms with Crippen LogP contribution in [0.3, 0.4) is 0 Å². The second-order valence-corrected chi connectivity index (χ2v) is 3.08. The van der Waals surface area contributed by atoms with E-state index in [4.69, 9.17) is 4.74 Å². The third kappa shape index (κ3) is 3.23. The Labute approximate surface area is 91.9 Å². The van der Waals surface area contributed by atoms with Crippen molar-refractivity contribution in [3.05, 3.63) is 24.4 Å². The van der Waals surface area contributed by atoms with Crippen molar-refractivity contribution in [2.45, 2.75) is 12.5 Å². The molecule has 0 aromatic heterocycles. The average molecular weight is 225 g/mol. The summed E-state index contributed by atoms with van der Waals surface area (Å²) >= 11 is 0. The van der Waals surface area contributed by atoms with Gasteiger partial charge in [0.15, 0.2) is 6.10 Å². The minimum atomic E-state index is -0.873. The van der Waals surface area contributed by atoms with E-state index in [1.165, 1.54) is 7.11 Å². The standard InChI is InChI=1S/C10H11NO5/c1-6-5-7(10(14)11-6)16-9(13)4-3-8(12)15-2/h3-4,7H,1,5H2,2H3,(H,11,14)/b4-3+/t7-/m0/s1. The van der Waals surface area contributed by atoms with Crippen LogP contribution in [0.2, 0.25) is 0 Å². The van der Waals surface area contributed by atoms with Gasteiger partial charge < -0.3 is 14.8 Å². The number of hydrogen-bond donors (Lipinski definition) is 1. The van der Waals surface area contributed by atoms with Gasteiger partial charge in [-0.1, -0.05) is 6.58 Å². The van der Waals surface area contributed by atoms with Gasteiger partial charge in [0.25, 0.3) is 5.91 Å². The molecule has 0 spiro atoms. The smallest absolute Gasteiger partial charge is 0.331 e. The Morgan fingerprint density at radius 1 is 1.44 bits per heavy atom. The highest BCUT2D eigenvalue weighted by Gasteiger charge is 2.29. The van der Waals surface area contributed by atoms with Crippen LogP contribution in [0.5, 0.6) is 0 Å². The zero-order chi connectivity index (χ0) is 12.1. The Morgan fingerprint density at radius 3 is 2.56 bits per heavy atom. The molecule has 1 amide bonds. The number of hydrogen-bond acceptors (Lipinski definition) is 5. The van der Waals surface area contributed by atoms with Crippen molar-refractivity contribution in [3.8, 4) is 0 Å². The SMILES string of the molecule is C=C1C[C@H](OC(=O)/C=C/C(=O)OC)C(=O)N1. The number of nitrogens with one attached hydrogen (secondary N) is 1. The topological polar surface area (TPSA) is 81.7 Å². The molecule has 1 atom stereocenters. The molecule has 0 aromatic carbocycles. The summed E-state index contributed by atoms with van der Waals surface area (Å²) in [7, 11) is 1.19. The molecule has 6 nitrogen and oxygen atoms in total. The predicted molar refractivity (Wildman–Crippen MR) is 52.9 cm³/mol. The number of carbonyl (C=O) groups excluding carboxylic acids is 3. The zero-order valence-corrected chi connectivity index (χ0v) is 8.69. The third-order valence-electron chi connectivity index (χ3n) is 1.84. The van der Waals surface area contributed by atoms with Gasteiger partial charge in [-0.3, -0.25) is 4.79 Å². The maximum absolute atomic E-state index is 11.1. The van der Waals surface area contributed by atoms with Crippen LogP contribution in [-0.4, -0.2) is 31.1 Å². The van der Waals surface area contributed by atoms with Crippen LogP contribution in [0.15, 0.2) is 24.4 Å². The minimum Gasteiger partial charge on any atom is -0.466 e. The lowest BCUT2D eigenvalue weighted by molar-refractivity contribution is -0.149. The molecule has 0 aliphatic carbocycles. The van der Waals surface area contributed by atoms with Gasteiger partial charge in [0.2, 0.25) is 0 Å². The van der Waals surface area contributed by atoms with E-state index in [0.29, 0.717) is 5.70 Å². The quantitative estimate of drug-likeness (QED) is 0.525. The minimum absolute atomic E-state index is 0.247. The number of carbonyl (C=O) groups is 3. The Balaban J connectivity index is 2.46. The number of methoxy groups -OCH3 is 1. The van der Waals surface area contributed by atoms with Gasteiger partial charge in [0.1, 0.15) is 0 Å². The lowest BCUT2D eigenvalue weighted by atomic mass is 10.3. The van der Waals surface area contributed by atoms with Crippen LogP contribution < -0.4 is 5.32 Å². The summed E-state index contributed by atoms with van der Waals surface area (Å²) in [6.45, 7) is 3.53. The van der Waals surface area contributed by atoms with Gasteiger partial charge in [0.05, 0.1) is 7.11 Å². The monoisotopic (exact) mass is 225 g/mol. The second-order valence-electron chi connectivity index (χ2n) is 3.08. The van der Waals surface area contributed by atoms with Crippen molar-refractivity contribution in [1.82, 2.24) is 5.32 Å². The van der Waals surface area contributed by atoms with Gasteiger partial charge in [-0.25, -0.2) is 9.59 Å². The maximum Gasteiger partial charge on any atom is 0.331 e. The van der Waals surface area contributed by atoms with Gasteiger partial charge in [0, 0.05) is 24.3 Å². The van der Waals surface area contributed by atoms with E-state index in [0.717, 1.165) is 12.2 Å². The van der Waals surface area contributed by atoms with Crippen LogP contribution in [0.25, 0.3) is 0 Å². The molecule has 0 saturated carbocycles. The number of esters is 2. The second kappa shape index (κ2) is 5.11. The van der Waals surface area contributed by atoms with E-state index < -0.39 is 23.9 Å². The number of amides is 1. The summed E-state index contributed by atoms with van der Waals surface area (Å²) in [4.78, 5) is 33.0. The molecule has 1 rings (SSSR count). The molecule has 1 aliphatic heterocycles. The first-order chi connectivity index (χ1) is 7.52. The maximum atomic E-state index is 11.1. The molecule has 1 fully saturated rings. The normalized spacial score (nSPS) is 19.7. The molecule has 0 radical (unpaired) electrons. The first-order valence-corrected chi connectivity index (χ1v) is 4.48. The summed E-state index contributed by atoms with van der Waals surface area (Å²) in [5, 5.41) is 2.42. The number of ether oxygens (including phenoxy) is 2. The van der Waals surface area contributed by atoms with Gasteiger partial charge in [-0.05, 0) is 0 Å². The fourth-order valence-electron chi connectivity index (χ4n) is 1.10. The van der Waals surface area contributed by atoms with E-state index in [2.05, 4.69) is 16.6 Å². The molecule has 0 bridgehead atoms. The Hall–Kier alpha value is -2.11. The molecule has 1 aliphatic rings. The third-order valence-corrected chi connectivity index (χ3v) is 1.84. The largest absolute Gasteiger partial charge is 0.466 e. The Bertz CT molecular complexity index is 371. The molecule has 1 saturated heterocycles. The molecule has 86 valence electrons. The van der Waals surface area contributed by atoms with Crippen LogP contribution in [0.4, 0.5) is 0 Å². The summed E-state index contributed by atoms with van der Waals surface area (Å²) in [6, 6.07) is 0. The van der Waals surface area contributed by atoms with Crippen LogP contribution in [-0.2, 0) is 23.9 Å². The Morgan fingerprint density at radius 2 is 2.06 bits per heavy atom.